The average Bonchev–Trinajstić information content (AvgIpc) is 2.44. The second kappa shape index (κ2) is 10.6. The molecule has 4 heteroatoms. The van der Waals surface area contributed by atoms with Crippen molar-refractivity contribution >= 4 is 11.9 Å². The summed E-state index contributed by atoms with van der Waals surface area (Å²) < 4.78 is 10.7. The molecule has 0 unspecified atom stereocenters. The molecule has 0 bridgehead atoms. The van der Waals surface area contributed by atoms with Gasteiger partial charge < -0.3 is 9.47 Å². The normalized spacial score (nSPS) is 11.5. The van der Waals surface area contributed by atoms with Crippen LogP contribution in [0.1, 0.15) is 73.1 Å². The summed E-state index contributed by atoms with van der Waals surface area (Å²) in [6.07, 6.45) is 4.44. The Morgan fingerprint density at radius 2 is 1.33 bits per heavy atom. The highest BCUT2D eigenvalue weighted by Crippen LogP contribution is 2.34. The fraction of sp³-hybridized carbons (Fsp3) is 0.882. The zero-order chi connectivity index (χ0) is 16.3. The number of rotatable bonds is 11. The standard InChI is InChI=1S/C17H32O4/c1-6-9-11-20-15(18)17(8-3,13-14(4)5)16(19)21-12-10-7-2/h14H,6-13H2,1-5H3. The largest absolute Gasteiger partial charge is 0.465 e. The van der Waals surface area contributed by atoms with E-state index in [2.05, 4.69) is 0 Å². The summed E-state index contributed by atoms with van der Waals surface area (Å²) in [5.74, 6) is -0.621. The van der Waals surface area contributed by atoms with Crippen LogP contribution in [-0.2, 0) is 19.1 Å². The SMILES string of the molecule is CCCCOC(=O)C(CC)(CC(C)C)C(=O)OCCCC. The van der Waals surface area contributed by atoms with Gasteiger partial charge in [-0.1, -0.05) is 47.5 Å². The van der Waals surface area contributed by atoms with Crippen LogP contribution in [0.4, 0.5) is 0 Å². The molecule has 21 heavy (non-hydrogen) atoms. The van der Waals surface area contributed by atoms with Crippen molar-refractivity contribution in [3.05, 3.63) is 0 Å². The monoisotopic (exact) mass is 300 g/mol. The van der Waals surface area contributed by atoms with E-state index < -0.39 is 17.4 Å². The molecular weight excluding hydrogens is 268 g/mol. The third kappa shape index (κ3) is 6.49. The summed E-state index contributed by atoms with van der Waals surface area (Å²) in [4.78, 5) is 24.9. The zero-order valence-corrected chi connectivity index (χ0v) is 14.4. The molecule has 0 aliphatic rings. The van der Waals surface area contributed by atoms with Crippen LogP contribution in [0.15, 0.2) is 0 Å². The molecule has 0 heterocycles. The third-order valence-electron chi connectivity index (χ3n) is 3.60. The van der Waals surface area contributed by atoms with Crippen molar-refractivity contribution < 1.29 is 19.1 Å². The highest BCUT2D eigenvalue weighted by Gasteiger charge is 2.47. The van der Waals surface area contributed by atoms with Crippen LogP contribution in [0.25, 0.3) is 0 Å². The maximum atomic E-state index is 12.5. The molecule has 0 atom stereocenters. The summed E-state index contributed by atoms with van der Waals surface area (Å²) in [5.41, 5.74) is -1.14. The molecule has 0 spiro atoms. The molecule has 0 aromatic carbocycles. The van der Waals surface area contributed by atoms with E-state index in [0.717, 1.165) is 25.7 Å². The van der Waals surface area contributed by atoms with Crippen LogP contribution in [0.3, 0.4) is 0 Å². The predicted molar refractivity (Wildman–Crippen MR) is 83.9 cm³/mol. The van der Waals surface area contributed by atoms with Gasteiger partial charge in [-0.25, -0.2) is 0 Å². The van der Waals surface area contributed by atoms with Crippen molar-refractivity contribution in [3.63, 3.8) is 0 Å². The van der Waals surface area contributed by atoms with E-state index in [4.69, 9.17) is 9.47 Å². The quantitative estimate of drug-likeness (QED) is 0.327. The highest BCUT2D eigenvalue weighted by atomic mass is 16.6. The van der Waals surface area contributed by atoms with Crippen molar-refractivity contribution in [3.8, 4) is 0 Å². The minimum atomic E-state index is -1.14. The molecule has 0 aliphatic carbocycles. The topological polar surface area (TPSA) is 52.6 Å². The van der Waals surface area contributed by atoms with Crippen molar-refractivity contribution in [1.82, 2.24) is 0 Å². The average molecular weight is 300 g/mol. The van der Waals surface area contributed by atoms with E-state index in [1.165, 1.54) is 0 Å². The number of hydrogen-bond donors (Lipinski definition) is 0. The molecule has 0 aromatic rings. The summed E-state index contributed by atoms with van der Waals surface area (Å²) >= 11 is 0. The Kier molecular flexibility index (Phi) is 10.1. The molecule has 0 aromatic heterocycles. The number of ether oxygens (including phenoxy) is 2. The van der Waals surface area contributed by atoms with Crippen molar-refractivity contribution in [2.45, 2.75) is 73.1 Å². The Hall–Kier alpha value is -1.06. The zero-order valence-electron chi connectivity index (χ0n) is 14.4. The Bertz CT molecular complexity index is 288. The number of hydrogen-bond acceptors (Lipinski definition) is 4. The summed E-state index contributed by atoms with van der Waals surface area (Å²) in [6.45, 7) is 10.7. The first kappa shape index (κ1) is 19.9. The van der Waals surface area contributed by atoms with Gasteiger partial charge >= 0.3 is 11.9 Å². The molecule has 0 N–H and O–H groups in total. The van der Waals surface area contributed by atoms with E-state index in [1.54, 1.807) is 0 Å². The van der Waals surface area contributed by atoms with Gasteiger partial charge in [-0.3, -0.25) is 9.59 Å². The molecule has 4 nitrogen and oxygen atoms in total. The second-order valence-corrected chi connectivity index (χ2v) is 6.01. The van der Waals surface area contributed by atoms with Gasteiger partial charge in [-0.15, -0.1) is 0 Å². The number of unbranched alkanes of at least 4 members (excludes halogenated alkanes) is 2. The molecule has 0 saturated heterocycles. The van der Waals surface area contributed by atoms with Crippen LogP contribution in [-0.4, -0.2) is 25.2 Å². The van der Waals surface area contributed by atoms with Gasteiger partial charge in [0.25, 0.3) is 0 Å². The van der Waals surface area contributed by atoms with Crippen molar-refractivity contribution in [2.24, 2.45) is 11.3 Å². The van der Waals surface area contributed by atoms with Gasteiger partial charge in [0, 0.05) is 0 Å². The molecule has 0 saturated carbocycles. The lowest BCUT2D eigenvalue weighted by molar-refractivity contribution is -0.174. The number of esters is 2. The van der Waals surface area contributed by atoms with E-state index in [-0.39, 0.29) is 5.92 Å². The Balaban J connectivity index is 4.96. The maximum absolute atomic E-state index is 12.5. The van der Waals surface area contributed by atoms with Crippen molar-refractivity contribution in [1.29, 1.82) is 0 Å². The molecule has 0 amide bonds. The van der Waals surface area contributed by atoms with Crippen LogP contribution in [0.5, 0.6) is 0 Å². The van der Waals surface area contributed by atoms with Crippen LogP contribution in [0, 0.1) is 11.3 Å². The van der Waals surface area contributed by atoms with Crippen molar-refractivity contribution in [2.75, 3.05) is 13.2 Å². The lowest BCUT2D eigenvalue weighted by Gasteiger charge is -2.29. The van der Waals surface area contributed by atoms with E-state index >= 15 is 0 Å². The summed E-state index contributed by atoms with van der Waals surface area (Å²) in [6, 6.07) is 0. The van der Waals surface area contributed by atoms with Crippen LogP contribution < -0.4 is 0 Å². The highest BCUT2D eigenvalue weighted by molar-refractivity contribution is 6.00. The van der Waals surface area contributed by atoms with E-state index in [0.29, 0.717) is 26.1 Å². The lowest BCUT2D eigenvalue weighted by Crippen LogP contribution is -2.43. The van der Waals surface area contributed by atoms with Gasteiger partial charge in [0.2, 0.25) is 0 Å². The smallest absolute Gasteiger partial charge is 0.323 e. The third-order valence-corrected chi connectivity index (χ3v) is 3.60. The minimum Gasteiger partial charge on any atom is -0.465 e. The number of carbonyl (C=O) groups excluding carboxylic acids is 2. The fourth-order valence-electron chi connectivity index (χ4n) is 2.27. The molecular formula is C17H32O4. The van der Waals surface area contributed by atoms with Gasteiger partial charge in [-0.05, 0) is 31.6 Å². The Morgan fingerprint density at radius 3 is 1.62 bits per heavy atom. The van der Waals surface area contributed by atoms with Gasteiger partial charge in [0.15, 0.2) is 5.41 Å². The summed E-state index contributed by atoms with van der Waals surface area (Å²) in [7, 11) is 0. The summed E-state index contributed by atoms with van der Waals surface area (Å²) in [5, 5.41) is 0. The Morgan fingerprint density at radius 1 is 0.905 bits per heavy atom. The first-order valence-electron chi connectivity index (χ1n) is 8.29. The fourth-order valence-corrected chi connectivity index (χ4v) is 2.27. The molecule has 124 valence electrons. The molecule has 0 radical (unpaired) electrons. The van der Waals surface area contributed by atoms with Crippen LogP contribution in [0.2, 0.25) is 0 Å². The maximum Gasteiger partial charge on any atom is 0.323 e. The lowest BCUT2D eigenvalue weighted by atomic mass is 9.77. The Labute approximate surface area is 129 Å². The first-order valence-corrected chi connectivity index (χ1v) is 8.29. The molecule has 0 rings (SSSR count). The predicted octanol–water partition coefficient (Wildman–Crippen LogP) is 4.12. The van der Waals surface area contributed by atoms with Gasteiger partial charge in [0.05, 0.1) is 13.2 Å². The molecule has 0 aliphatic heterocycles. The minimum absolute atomic E-state index is 0.224. The van der Waals surface area contributed by atoms with E-state index in [9.17, 15) is 9.59 Å². The van der Waals surface area contributed by atoms with Gasteiger partial charge in [-0.2, -0.15) is 0 Å². The van der Waals surface area contributed by atoms with Crippen LogP contribution >= 0.6 is 0 Å². The number of carbonyl (C=O) groups is 2. The second-order valence-electron chi connectivity index (χ2n) is 6.01. The molecule has 0 fully saturated rings. The van der Waals surface area contributed by atoms with E-state index in [1.807, 2.05) is 34.6 Å². The van der Waals surface area contributed by atoms with Gasteiger partial charge in [0.1, 0.15) is 0 Å². The first-order chi connectivity index (χ1) is 9.94.